The van der Waals surface area contributed by atoms with E-state index in [1.54, 1.807) is 4.90 Å². The number of tetrazole rings is 1. The molecule has 0 bridgehead atoms. The summed E-state index contributed by atoms with van der Waals surface area (Å²) >= 11 is 0. The minimum Gasteiger partial charge on any atom is -0.467 e. The molecule has 0 saturated carbocycles. The molecule has 3 rings (SSSR count). The number of carbonyl (C=O) groups excluding carboxylic acids is 2. The minimum atomic E-state index is -0.626. The van der Waals surface area contributed by atoms with Crippen LogP contribution in [0.1, 0.15) is 45.6 Å². The summed E-state index contributed by atoms with van der Waals surface area (Å²) in [6, 6.07) is 15.2. The number of nitrogens with one attached hydrogen (secondary N) is 1. The summed E-state index contributed by atoms with van der Waals surface area (Å²) in [6.45, 7) is 6.25. The van der Waals surface area contributed by atoms with Crippen LogP contribution in [0.3, 0.4) is 0 Å². The first-order valence-corrected chi connectivity index (χ1v) is 11.3. The van der Waals surface area contributed by atoms with E-state index in [1.807, 2.05) is 69.3 Å². The second-order valence-corrected chi connectivity index (χ2v) is 8.33. The number of ether oxygens (including phenoxy) is 1. The summed E-state index contributed by atoms with van der Waals surface area (Å²) in [6.07, 6.45) is 2.11. The molecule has 0 radical (unpaired) electrons. The number of amides is 1. The molecule has 2 aromatic carbocycles. The summed E-state index contributed by atoms with van der Waals surface area (Å²) in [5, 5.41) is 14.2. The molecule has 1 heterocycles. The number of hydrogen-bond acceptors (Lipinski definition) is 6. The van der Waals surface area contributed by atoms with Gasteiger partial charge in [-0.15, -0.1) is 5.10 Å². The number of H-pyrrole nitrogens is 1. The van der Waals surface area contributed by atoms with Gasteiger partial charge in [-0.3, -0.25) is 4.79 Å². The number of benzene rings is 2. The molecular weight excluding hydrogens is 418 g/mol. The van der Waals surface area contributed by atoms with Crippen LogP contribution >= 0.6 is 0 Å². The lowest BCUT2D eigenvalue weighted by molar-refractivity contribution is -0.155. The largest absolute Gasteiger partial charge is 0.467 e. The third-order valence-corrected chi connectivity index (χ3v) is 5.62. The minimum absolute atomic E-state index is 0.0341. The number of aromatic amines is 1. The summed E-state index contributed by atoms with van der Waals surface area (Å²) < 4.78 is 5.02. The van der Waals surface area contributed by atoms with E-state index in [9.17, 15) is 9.59 Å². The van der Waals surface area contributed by atoms with Gasteiger partial charge >= 0.3 is 5.97 Å². The van der Waals surface area contributed by atoms with E-state index < -0.39 is 6.04 Å². The Morgan fingerprint density at radius 1 is 1.06 bits per heavy atom. The van der Waals surface area contributed by atoms with Gasteiger partial charge in [0.1, 0.15) is 6.04 Å². The van der Waals surface area contributed by atoms with Crippen LogP contribution in [0, 0.1) is 5.92 Å². The van der Waals surface area contributed by atoms with Crippen LogP contribution in [0.15, 0.2) is 48.5 Å². The van der Waals surface area contributed by atoms with Crippen molar-refractivity contribution in [2.24, 2.45) is 5.92 Å². The van der Waals surface area contributed by atoms with E-state index in [1.165, 1.54) is 7.11 Å². The molecule has 8 nitrogen and oxygen atoms in total. The second-order valence-electron chi connectivity index (χ2n) is 8.33. The smallest absolute Gasteiger partial charge is 0.328 e. The molecule has 3 aromatic rings. The van der Waals surface area contributed by atoms with Gasteiger partial charge in [-0.25, -0.2) is 9.89 Å². The van der Waals surface area contributed by atoms with Crippen molar-refractivity contribution < 1.29 is 14.3 Å². The molecule has 174 valence electrons. The zero-order valence-electron chi connectivity index (χ0n) is 19.6. The van der Waals surface area contributed by atoms with Crippen molar-refractivity contribution in [2.75, 3.05) is 7.11 Å². The maximum atomic E-state index is 13.0. The van der Waals surface area contributed by atoms with Crippen LogP contribution in [-0.2, 0) is 20.9 Å². The predicted octanol–water partition coefficient (Wildman–Crippen LogP) is 4.25. The maximum Gasteiger partial charge on any atom is 0.328 e. The van der Waals surface area contributed by atoms with Gasteiger partial charge in [-0.05, 0) is 39.5 Å². The normalized spacial score (nSPS) is 11.9. The fourth-order valence-electron chi connectivity index (χ4n) is 3.89. The monoisotopic (exact) mass is 449 g/mol. The molecule has 0 unspecified atom stereocenters. The van der Waals surface area contributed by atoms with Crippen LogP contribution in [0.25, 0.3) is 22.5 Å². The molecular formula is C25H31N5O3. The molecule has 0 fully saturated rings. The molecule has 1 amide bonds. The van der Waals surface area contributed by atoms with Gasteiger partial charge in [0.05, 0.1) is 7.11 Å². The van der Waals surface area contributed by atoms with Gasteiger partial charge in [-0.2, -0.15) is 0 Å². The first kappa shape index (κ1) is 24.1. The summed E-state index contributed by atoms with van der Waals surface area (Å²) in [5.41, 5.74) is 3.84. The van der Waals surface area contributed by atoms with E-state index in [2.05, 4.69) is 20.6 Å². The number of unbranched alkanes of at least 4 members (excludes halogenated alkanes) is 1. The number of carbonyl (C=O) groups is 2. The number of nitrogens with zero attached hydrogens (tertiary/aromatic N) is 4. The zero-order valence-corrected chi connectivity index (χ0v) is 19.6. The molecule has 0 spiro atoms. The average molecular weight is 450 g/mol. The number of aromatic nitrogens is 4. The summed E-state index contributed by atoms with van der Waals surface area (Å²) in [5.74, 6) is 0.110. The third-order valence-electron chi connectivity index (χ3n) is 5.62. The molecule has 1 atom stereocenters. The van der Waals surface area contributed by atoms with Gasteiger partial charge in [-0.1, -0.05) is 75.7 Å². The Labute approximate surface area is 194 Å². The van der Waals surface area contributed by atoms with Gasteiger partial charge in [0.2, 0.25) is 5.91 Å². The number of methoxy groups -OCH3 is 1. The predicted molar refractivity (Wildman–Crippen MR) is 126 cm³/mol. The van der Waals surface area contributed by atoms with Crippen molar-refractivity contribution in [3.63, 3.8) is 0 Å². The Morgan fingerprint density at radius 2 is 1.76 bits per heavy atom. The third kappa shape index (κ3) is 5.83. The molecule has 0 aliphatic rings. The molecule has 33 heavy (non-hydrogen) atoms. The number of rotatable bonds is 10. The van der Waals surface area contributed by atoms with Crippen LogP contribution in [0.4, 0.5) is 0 Å². The lowest BCUT2D eigenvalue weighted by atomic mass is 9.97. The molecule has 0 saturated heterocycles. The van der Waals surface area contributed by atoms with Crippen molar-refractivity contribution in [2.45, 2.75) is 52.6 Å². The molecule has 1 N–H and O–H groups in total. The van der Waals surface area contributed by atoms with Crippen molar-refractivity contribution in [3.8, 4) is 22.5 Å². The highest BCUT2D eigenvalue weighted by atomic mass is 16.5. The van der Waals surface area contributed by atoms with E-state index >= 15 is 0 Å². The molecule has 8 heteroatoms. The first-order chi connectivity index (χ1) is 16.0. The Balaban J connectivity index is 1.88. The Bertz CT molecular complexity index is 1050. The van der Waals surface area contributed by atoms with E-state index in [4.69, 9.17) is 4.74 Å². The fourth-order valence-corrected chi connectivity index (χ4v) is 3.89. The van der Waals surface area contributed by atoms with Crippen LogP contribution in [0.5, 0.6) is 0 Å². The second kappa shape index (κ2) is 11.4. The standard InChI is InChI=1S/C25H31N5O3/c1-5-6-11-22(31)30(23(17(2)3)25(32)33-4)16-18-12-14-19(15-13-18)20-9-7-8-10-21(20)24-26-28-29-27-24/h7-10,12-15,17,23H,5-6,11,16H2,1-4H3,(H,26,27,28,29)/t23-/m0/s1. The van der Waals surface area contributed by atoms with Gasteiger partial charge in [0, 0.05) is 18.5 Å². The highest BCUT2D eigenvalue weighted by molar-refractivity contribution is 5.85. The number of esters is 1. The van der Waals surface area contributed by atoms with E-state index in [-0.39, 0.29) is 17.8 Å². The number of hydrogen-bond donors (Lipinski definition) is 1. The molecule has 0 aliphatic heterocycles. The SMILES string of the molecule is CCCCC(=O)N(Cc1ccc(-c2ccccc2-c2nnn[nH]2)cc1)[C@H](C(=O)OC)C(C)C. The topological polar surface area (TPSA) is 101 Å². The highest BCUT2D eigenvalue weighted by Gasteiger charge is 2.33. The zero-order chi connectivity index (χ0) is 23.8. The maximum absolute atomic E-state index is 13.0. The average Bonchev–Trinajstić information content (AvgIpc) is 3.37. The molecule has 1 aromatic heterocycles. The Kier molecular flexibility index (Phi) is 8.29. The van der Waals surface area contributed by atoms with Gasteiger partial charge < -0.3 is 9.64 Å². The van der Waals surface area contributed by atoms with Crippen LogP contribution in [0.2, 0.25) is 0 Å². The van der Waals surface area contributed by atoms with Crippen molar-refractivity contribution >= 4 is 11.9 Å². The highest BCUT2D eigenvalue weighted by Crippen LogP contribution is 2.30. The summed E-state index contributed by atoms with van der Waals surface area (Å²) in [7, 11) is 1.36. The fraction of sp³-hybridized carbons (Fsp3) is 0.400. The Morgan fingerprint density at radius 3 is 2.33 bits per heavy atom. The van der Waals surface area contributed by atoms with Gasteiger partial charge in [0.15, 0.2) is 5.82 Å². The lowest BCUT2D eigenvalue weighted by Gasteiger charge is -2.32. The van der Waals surface area contributed by atoms with Crippen LogP contribution < -0.4 is 0 Å². The lowest BCUT2D eigenvalue weighted by Crippen LogP contribution is -2.48. The van der Waals surface area contributed by atoms with Gasteiger partial charge in [0.25, 0.3) is 0 Å². The quantitative estimate of drug-likeness (QED) is 0.464. The van der Waals surface area contributed by atoms with Crippen LogP contribution in [-0.4, -0.2) is 50.6 Å². The van der Waals surface area contributed by atoms with Crippen molar-refractivity contribution in [1.29, 1.82) is 0 Å². The molecule has 0 aliphatic carbocycles. The Hall–Kier alpha value is -3.55. The van der Waals surface area contributed by atoms with E-state index in [0.29, 0.717) is 18.8 Å². The van der Waals surface area contributed by atoms with Crippen molar-refractivity contribution in [3.05, 3.63) is 54.1 Å². The van der Waals surface area contributed by atoms with Crippen molar-refractivity contribution in [1.82, 2.24) is 25.5 Å². The summed E-state index contributed by atoms with van der Waals surface area (Å²) in [4.78, 5) is 27.2. The first-order valence-electron chi connectivity index (χ1n) is 11.3. The van der Waals surface area contributed by atoms with E-state index in [0.717, 1.165) is 35.1 Å².